The van der Waals surface area contributed by atoms with Crippen LogP contribution in [-0.4, -0.2) is 30.4 Å². The first kappa shape index (κ1) is 14.5. The van der Waals surface area contributed by atoms with E-state index in [2.05, 4.69) is 20.8 Å². The topological polar surface area (TPSA) is 46.3 Å². The van der Waals surface area contributed by atoms with Crippen LogP contribution >= 0.6 is 0 Å². The molecule has 2 N–H and O–H groups in total. The summed E-state index contributed by atoms with van der Waals surface area (Å²) in [4.78, 5) is 14.2. The molecule has 0 aromatic rings. The highest BCUT2D eigenvalue weighted by Crippen LogP contribution is 2.20. The molecule has 1 amide bonds. The average Bonchev–Trinajstić information content (AvgIpc) is 2.28. The monoisotopic (exact) mass is 240 g/mol. The first-order valence-corrected chi connectivity index (χ1v) is 7.00. The van der Waals surface area contributed by atoms with Crippen molar-refractivity contribution in [1.29, 1.82) is 0 Å². The Balaban J connectivity index is 2.36. The van der Waals surface area contributed by atoms with Gasteiger partial charge in [-0.3, -0.25) is 4.79 Å². The van der Waals surface area contributed by atoms with Crippen LogP contribution in [0.1, 0.15) is 46.5 Å². The lowest BCUT2D eigenvalue weighted by Crippen LogP contribution is -2.39. The summed E-state index contributed by atoms with van der Waals surface area (Å²) in [6.45, 7) is 9.17. The molecule has 100 valence electrons. The summed E-state index contributed by atoms with van der Waals surface area (Å²) in [5.74, 6) is 2.08. The highest BCUT2D eigenvalue weighted by Gasteiger charge is 2.22. The molecule has 1 rings (SSSR count). The lowest BCUT2D eigenvalue weighted by atomic mass is 9.93. The fourth-order valence-corrected chi connectivity index (χ4v) is 2.56. The van der Waals surface area contributed by atoms with E-state index >= 15 is 0 Å². The summed E-state index contributed by atoms with van der Waals surface area (Å²) in [5.41, 5.74) is 5.75. The maximum Gasteiger partial charge on any atom is 0.222 e. The number of nitrogens with zero attached hydrogens (tertiary/aromatic N) is 1. The SMILES string of the molecule is CC(C)CC(CN)CC(=O)N1CCC(C)CC1. The number of nitrogens with two attached hydrogens (primary N) is 1. The molecule has 0 aromatic carbocycles. The quantitative estimate of drug-likeness (QED) is 0.801. The number of carbonyl (C=O) groups excluding carboxylic acids is 1. The number of hydrogen-bond acceptors (Lipinski definition) is 2. The summed E-state index contributed by atoms with van der Waals surface area (Å²) in [6, 6.07) is 0. The molecular weight excluding hydrogens is 212 g/mol. The van der Waals surface area contributed by atoms with Crippen molar-refractivity contribution in [3.63, 3.8) is 0 Å². The zero-order chi connectivity index (χ0) is 12.8. The highest BCUT2D eigenvalue weighted by atomic mass is 16.2. The van der Waals surface area contributed by atoms with Crippen molar-refractivity contribution in [2.45, 2.75) is 46.5 Å². The van der Waals surface area contributed by atoms with E-state index in [1.54, 1.807) is 0 Å². The molecule has 1 atom stereocenters. The fraction of sp³-hybridized carbons (Fsp3) is 0.929. The molecule has 1 aliphatic rings. The molecule has 3 heteroatoms. The molecule has 1 aliphatic heterocycles. The highest BCUT2D eigenvalue weighted by molar-refractivity contribution is 5.76. The molecule has 0 radical (unpaired) electrons. The van der Waals surface area contributed by atoms with Crippen LogP contribution < -0.4 is 5.73 Å². The van der Waals surface area contributed by atoms with Crippen molar-refractivity contribution in [2.24, 2.45) is 23.5 Å². The van der Waals surface area contributed by atoms with Crippen molar-refractivity contribution in [3.8, 4) is 0 Å². The standard InChI is InChI=1S/C14H28N2O/c1-11(2)8-13(10-15)9-14(17)16-6-4-12(3)5-7-16/h11-13H,4-10,15H2,1-3H3. The van der Waals surface area contributed by atoms with Gasteiger partial charge in [-0.1, -0.05) is 20.8 Å². The Morgan fingerprint density at radius 2 is 1.94 bits per heavy atom. The van der Waals surface area contributed by atoms with Crippen LogP contribution in [0.2, 0.25) is 0 Å². The van der Waals surface area contributed by atoms with Crippen molar-refractivity contribution in [1.82, 2.24) is 4.90 Å². The molecule has 1 saturated heterocycles. The van der Waals surface area contributed by atoms with Crippen molar-refractivity contribution in [2.75, 3.05) is 19.6 Å². The summed E-state index contributed by atoms with van der Waals surface area (Å²) in [6.07, 6.45) is 4.02. The third kappa shape index (κ3) is 5.07. The molecule has 0 bridgehead atoms. The van der Waals surface area contributed by atoms with Crippen molar-refractivity contribution in [3.05, 3.63) is 0 Å². The molecular formula is C14H28N2O. The van der Waals surface area contributed by atoms with E-state index in [0.29, 0.717) is 30.7 Å². The van der Waals surface area contributed by atoms with Crippen LogP contribution in [0.3, 0.4) is 0 Å². The zero-order valence-electron chi connectivity index (χ0n) is 11.6. The predicted molar refractivity (Wildman–Crippen MR) is 71.6 cm³/mol. The Hall–Kier alpha value is -0.570. The number of amides is 1. The van der Waals surface area contributed by atoms with E-state index in [1.165, 1.54) is 0 Å². The largest absolute Gasteiger partial charge is 0.343 e. The second-order valence-electron chi connectivity index (χ2n) is 6.00. The number of piperidine rings is 1. The normalized spacial score (nSPS) is 19.7. The molecule has 0 saturated carbocycles. The van der Waals surface area contributed by atoms with Gasteiger partial charge in [0.15, 0.2) is 0 Å². The van der Waals surface area contributed by atoms with Crippen molar-refractivity contribution >= 4 is 5.91 Å². The molecule has 3 nitrogen and oxygen atoms in total. The van der Waals surface area contributed by atoms with E-state index in [1.807, 2.05) is 4.90 Å². The maximum absolute atomic E-state index is 12.1. The third-order valence-electron chi connectivity index (χ3n) is 3.74. The van der Waals surface area contributed by atoms with Crippen LogP contribution in [0, 0.1) is 17.8 Å². The first-order valence-electron chi connectivity index (χ1n) is 7.00. The summed E-state index contributed by atoms with van der Waals surface area (Å²) in [7, 11) is 0. The Labute approximate surface area is 106 Å². The van der Waals surface area contributed by atoms with Crippen LogP contribution in [0.15, 0.2) is 0 Å². The van der Waals surface area contributed by atoms with Crippen LogP contribution in [0.4, 0.5) is 0 Å². The molecule has 0 aliphatic carbocycles. The lowest BCUT2D eigenvalue weighted by Gasteiger charge is -2.31. The minimum absolute atomic E-state index is 0.313. The summed E-state index contributed by atoms with van der Waals surface area (Å²) >= 11 is 0. The van der Waals surface area contributed by atoms with E-state index < -0.39 is 0 Å². The maximum atomic E-state index is 12.1. The Kier molecular flexibility index (Phi) is 5.96. The van der Waals surface area contributed by atoms with E-state index in [0.717, 1.165) is 38.3 Å². The molecule has 1 heterocycles. The van der Waals surface area contributed by atoms with Gasteiger partial charge in [-0.15, -0.1) is 0 Å². The van der Waals surface area contributed by atoms with Gasteiger partial charge in [0.25, 0.3) is 0 Å². The Bertz CT molecular complexity index is 232. The number of likely N-dealkylation sites (tertiary alicyclic amines) is 1. The lowest BCUT2D eigenvalue weighted by molar-refractivity contribution is -0.133. The van der Waals surface area contributed by atoms with Crippen LogP contribution in [-0.2, 0) is 4.79 Å². The average molecular weight is 240 g/mol. The molecule has 1 fully saturated rings. The summed E-state index contributed by atoms with van der Waals surface area (Å²) in [5, 5.41) is 0. The van der Waals surface area contributed by atoms with Gasteiger partial charge in [-0.25, -0.2) is 0 Å². The van der Waals surface area contributed by atoms with Gasteiger partial charge in [-0.05, 0) is 43.6 Å². The number of hydrogen-bond donors (Lipinski definition) is 1. The minimum atomic E-state index is 0.313. The third-order valence-corrected chi connectivity index (χ3v) is 3.74. The number of carbonyl (C=O) groups is 1. The van der Waals surface area contributed by atoms with E-state index in [-0.39, 0.29) is 0 Å². The smallest absolute Gasteiger partial charge is 0.222 e. The van der Waals surface area contributed by atoms with Gasteiger partial charge in [0.2, 0.25) is 5.91 Å². The van der Waals surface area contributed by atoms with Gasteiger partial charge in [-0.2, -0.15) is 0 Å². The predicted octanol–water partition coefficient (Wildman–Crippen LogP) is 2.26. The van der Waals surface area contributed by atoms with E-state index in [4.69, 9.17) is 5.73 Å². The van der Waals surface area contributed by atoms with Crippen LogP contribution in [0.5, 0.6) is 0 Å². The zero-order valence-corrected chi connectivity index (χ0v) is 11.6. The second-order valence-corrected chi connectivity index (χ2v) is 6.00. The molecule has 0 spiro atoms. The minimum Gasteiger partial charge on any atom is -0.343 e. The van der Waals surface area contributed by atoms with E-state index in [9.17, 15) is 4.79 Å². The number of rotatable bonds is 5. The molecule has 0 aromatic heterocycles. The van der Waals surface area contributed by atoms with Gasteiger partial charge in [0.1, 0.15) is 0 Å². The molecule has 17 heavy (non-hydrogen) atoms. The first-order chi connectivity index (χ1) is 8.02. The fourth-order valence-electron chi connectivity index (χ4n) is 2.56. The van der Waals surface area contributed by atoms with Gasteiger partial charge in [0.05, 0.1) is 0 Å². The summed E-state index contributed by atoms with van der Waals surface area (Å²) < 4.78 is 0. The van der Waals surface area contributed by atoms with Gasteiger partial charge < -0.3 is 10.6 Å². The Morgan fingerprint density at radius 1 is 1.35 bits per heavy atom. The second kappa shape index (κ2) is 7.00. The Morgan fingerprint density at radius 3 is 2.41 bits per heavy atom. The van der Waals surface area contributed by atoms with Crippen molar-refractivity contribution < 1.29 is 4.79 Å². The molecule has 1 unspecified atom stereocenters. The van der Waals surface area contributed by atoms with Gasteiger partial charge in [0, 0.05) is 19.5 Å². The van der Waals surface area contributed by atoms with Crippen LogP contribution in [0.25, 0.3) is 0 Å². The van der Waals surface area contributed by atoms with Gasteiger partial charge >= 0.3 is 0 Å².